The van der Waals surface area contributed by atoms with Gasteiger partial charge in [0.2, 0.25) is 0 Å². The van der Waals surface area contributed by atoms with Crippen molar-refractivity contribution in [2.75, 3.05) is 19.0 Å². The van der Waals surface area contributed by atoms with Gasteiger partial charge in [-0.2, -0.15) is 11.8 Å². The lowest BCUT2D eigenvalue weighted by atomic mass is 9.88. The molecule has 0 amide bonds. The van der Waals surface area contributed by atoms with E-state index in [1.165, 1.54) is 12.2 Å². The average Bonchev–Trinajstić information content (AvgIpc) is 2.73. The monoisotopic (exact) mass is 202 g/mol. The van der Waals surface area contributed by atoms with Crippen LogP contribution in [0.15, 0.2) is 0 Å². The molecule has 2 rings (SSSR count). The van der Waals surface area contributed by atoms with Gasteiger partial charge in [0.15, 0.2) is 0 Å². The van der Waals surface area contributed by atoms with Gasteiger partial charge < -0.3 is 9.84 Å². The summed E-state index contributed by atoms with van der Waals surface area (Å²) in [5.41, 5.74) is 0. The van der Waals surface area contributed by atoms with E-state index in [9.17, 15) is 5.11 Å². The summed E-state index contributed by atoms with van der Waals surface area (Å²) in [6.45, 7) is 3.80. The van der Waals surface area contributed by atoms with Crippen molar-refractivity contribution in [3.63, 3.8) is 0 Å². The molecule has 13 heavy (non-hydrogen) atoms. The van der Waals surface area contributed by atoms with E-state index in [1.54, 1.807) is 0 Å². The Morgan fingerprint density at radius 3 is 3.00 bits per heavy atom. The van der Waals surface area contributed by atoms with Gasteiger partial charge in [0.05, 0.1) is 12.7 Å². The molecule has 2 saturated heterocycles. The third-order valence-electron chi connectivity index (χ3n) is 3.29. The normalized spacial score (nSPS) is 42.5. The number of hydrogen-bond acceptors (Lipinski definition) is 3. The van der Waals surface area contributed by atoms with Crippen LogP contribution in [0.2, 0.25) is 0 Å². The van der Waals surface area contributed by atoms with Gasteiger partial charge in [0, 0.05) is 17.3 Å². The number of thioether (sulfide) groups is 1. The van der Waals surface area contributed by atoms with Crippen molar-refractivity contribution in [3.05, 3.63) is 0 Å². The van der Waals surface area contributed by atoms with Gasteiger partial charge in [-0.25, -0.2) is 0 Å². The van der Waals surface area contributed by atoms with Crippen LogP contribution in [0, 0.1) is 5.92 Å². The summed E-state index contributed by atoms with van der Waals surface area (Å²) < 4.78 is 5.42. The van der Waals surface area contributed by atoms with Gasteiger partial charge in [-0.15, -0.1) is 0 Å². The third-order valence-corrected chi connectivity index (χ3v) is 4.88. The Labute approximate surface area is 84.0 Å². The first kappa shape index (κ1) is 9.81. The topological polar surface area (TPSA) is 29.5 Å². The summed E-state index contributed by atoms with van der Waals surface area (Å²) in [4.78, 5) is 0. The highest BCUT2D eigenvalue weighted by molar-refractivity contribution is 8.00. The second-order valence-electron chi connectivity index (χ2n) is 4.33. The lowest BCUT2D eigenvalue weighted by Crippen LogP contribution is -2.40. The number of aliphatic hydroxyl groups is 1. The Morgan fingerprint density at radius 1 is 1.62 bits per heavy atom. The molecule has 3 atom stereocenters. The van der Waals surface area contributed by atoms with Crippen molar-refractivity contribution < 1.29 is 9.84 Å². The molecule has 1 N–H and O–H groups in total. The molecule has 76 valence electrons. The minimum atomic E-state index is -0.164. The Bertz CT molecular complexity index is 172. The Kier molecular flexibility index (Phi) is 2.86. The standard InChI is InChI=1S/C10H18O2S/c1-10(4-2-6-13-10)9(11)8-3-5-12-7-8/h8-9,11H,2-7H2,1H3. The Hall–Kier alpha value is 0.270. The third kappa shape index (κ3) is 1.88. The predicted molar refractivity (Wildman–Crippen MR) is 55.0 cm³/mol. The SMILES string of the molecule is CC1(C(O)C2CCOC2)CCCS1. The van der Waals surface area contributed by atoms with Crippen LogP contribution in [0.25, 0.3) is 0 Å². The fourth-order valence-electron chi connectivity index (χ4n) is 2.33. The molecule has 2 aliphatic rings. The molecular weight excluding hydrogens is 184 g/mol. The van der Waals surface area contributed by atoms with Crippen LogP contribution < -0.4 is 0 Å². The molecule has 0 aromatic heterocycles. The van der Waals surface area contributed by atoms with Crippen molar-refractivity contribution in [2.45, 2.75) is 37.0 Å². The largest absolute Gasteiger partial charge is 0.391 e. The summed E-state index contributed by atoms with van der Waals surface area (Å²) in [5.74, 6) is 1.59. The van der Waals surface area contributed by atoms with E-state index in [-0.39, 0.29) is 10.9 Å². The van der Waals surface area contributed by atoms with Crippen LogP contribution in [-0.2, 0) is 4.74 Å². The van der Waals surface area contributed by atoms with Crippen LogP contribution in [-0.4, -0.2) is 34.9 Å². The first-order valence-electron chi connectivity index (χ1n) is 5.12. The highest BCUT2D eigenvalue weighted by Gasteiger charge is 2.41. The molecule has 0 saturated carbocycles. The van der Waals surface area contributed by atoms with Crippen LogP contribution in [0.5, 0.6) is 0 Å². The number of hydrogen-bond donors (Lipinski definition) is 1. The van der Waals surface area contributed by atoms with Crippen molar-refractivity contribution in [2.24, 2.45) is 5.92 Å². The summed E-state index contributed by atoms with van der Waals surface area (Å²) in [5, 5.41) is 10.2. The molecule has 2 fully saturated rings. The maximum atomic E-state index is 10.2. The van der Waals surface area contributed by atoms with E-state index >= 15 is 0 Å². The van der Waals surface area contributed by atoms with Gasteiger partial charge in [-0.05, 0) is 31.9 Å². The molecule has 0 aromatic carbocycles. The highest BCUT2D eigenvalue weighted by atomic mass is 32.2. The van der Waals surface area contributed by atoms with E-state index in [1.807, 2.05) is 11.8 Å². The number of ether oxygens (including phenoxy) is 1. The fourth-order valence-corrected chi connectivity index (χ4v) is 3.74. The van der Waals surface area contributed by atoms with Crippen LogP contribution >= 0.6 is 11.8 Å². The molecule has 0 spiro atoms. The first-order chi connectivity index (χ1) is 6.22. The van der Waals surface area contributed by atoms with Gasteiger partial charge >= 0.3 is 0 Å². The quantitative estimate of drug-likeness (QED) is 0.738. The predicted octanol–water partition coefficient (Wildman–Crippen LogP) is 1.67. The smallest absolute Gasteiger partial charge is 0.0735 e. The molecule has 2 nitrogen and oxygen atoms in total. The first-order valence-corrected chi connectivity index (χ1v) is 6.11. The van der Waals surface area contributed by atoms with Gasteiger partial charge in [-0.3, -0.25) is 0 Å². The molecule has 0 radical (unpaired) electrons. The summed E-state index contributed by atoms with van der Waals surface area (Å²) in [6.07, 6.45) is 3.29. The van der Waals surface area contributed by atoms with Gasteiger partial charge in [-0.1, -0.05) is 0 Å². The van der Waals surface area contributed by atoms with Crippen LogP contribution in [0.1, 0.15) is 26.2 Å². The summed E-state index contributed by atoms with van der Waals surface area (Å²) >= 11 is 1.93. The van der Waals surface area contributed by atoms with Crippen LogP contribution in [0.3, 0.4) is 0 Å². The Morgan fingerprint density at radius 2 is 2.46 bits per heavy atom. The molecule has 2 aliphatic heterocycles. The fraction of sp³-hybridized carbons (Fsp3) is 1.00. The minimum Gasteiger partial charge on any atom is -0.391 e. The zero-order valence-electron chi connectivity index (χ0n) is 8.16. The second kappa shape index (κ2) is 3.79. The van der Waals surface area contributed by atoms with Crippen molar-refractivity contribution >= 4 is 11.8 Å². The van der Waals surface area contributed by atoms with Crippen molar-refractivity contribution in [1.29, 1.82) is 0 Å². The lowest BCUT2D eigenvalue weighted by Gasteiger charge is -2.32. The van der Waals surface area contributed by atoms with E-state index in [4.69, 9.17) is 4.74 Å². The number of aliphatic hydroxyl groups excluding tert-OH is 1. The van der Waals surface area contributed by atoms with E-state index < -0.39 is 0 Å². The molecule has 0 bridgehead atoms. The zero-order chi connectivity index (χ0) is 9.31. The van der Waals surface area contributed by atoms with Crippen LogP contribution in [0.4, 0.5) is 0 Å². The molecular formula is C10H18O2S. The minimum absolute atomic E-state index is 0.109. The highest BCUT2D eigenvalue weighted by Crippen LogP contribution is 2.43. The van der Waals surface area contributed by atoms with Gasteiger partial charge in [0.1, 0.15) is 0 Å². The molecule has 0 aromatic rings. The molecule has 3 unspecified atom stereocenters. The lowest BCUT2D eigenvalue weighted by molar-refractivity contribution is 0.0627. The van der Waals surface area contributed by atoms with Crippen molar-refractivity contribution in [1.82, 2.24) is 0 Å². The van der Waals surface area contributed by atoms with E-state index in [2.05, 4.69) is 6.92 Å². The molecule has 2 heterocycles. The van der Waals surface area contributed by atoms with E-state index in [0.29, 0.717) is 5.92 Å². The van der Waals surface area contributed by atoms with E-state index in [0.717, 1.165) is 26.1 Å². The maximum absolute atomic E-state index is 10.2. The summed E-state index contributed by atoms with van der Waals surface area (Å²) in [6, 6.07) is 0. The maximum Gasteiger partial charge on any atom is 0.0735 e. The summed E-state index contributed by atoms with van der Waals surface area (Å²) in [7, 11) is 0. The molecule has 3 heteroatoms. The zero-order valence-corrected chi connectivity index (χ0v) is 8.98. The Balaban J connectivity index is 1.97. The number of rotatable bonds is 2. The van der Waals surface area contributed by atoms with Crippen molar-refractivity contribution in [3.8, 4) is 0 Å². The second-order valence-corrected chi connectivity index (χ2v) is 5.96. The van der Waals surface area contributed by atoms with Gasteiger partial charge in [0.25, 0.3) is 0 Å². The average molecular weight is 202 g/mol. The molecule has 0 aliphatic carbocycles.